The first kappa shape index (κ1) is 26.7. The number of carbonyl (C=O) groups excluding carboxylic acids is 2. The molecule has 1 aliphatic rings. The van der Waals surface area contributed by atoms with E-state index >= 15 is 0 Å². The maximum absolute atomic E-state index is 13.4. The SMILES string of the molecule is CC(C)(C)OC(=O)N1C(=O)OC(c2cccc(Cl)c2)C1Cc1ccc(CC(F)(F)C(F)(F)F)cc1. The molecule has 0 radical (unpaired) electrons. The standard InChI is InChI=1S/C24H23ClF5NO4/c1-22(2,3)35-21(33)31-18(19(34-20(31)32)16-5-4-6-17(25)12-16)11-14-7-9-15(10-8-14)13-23(26,27)24(28,29)30/h4-10,12,18-19H,11,13H2,1-3H3. The van der Waals surface area contributed by atoms with Crippen molar-refractivity contribution in [2.24, 2.45) is 0 Å². The van der Waals surface area contributed by atoms with Crippen molar-refractivity contribution >= 4 is 23.8 Å². The molecule has 1 heterocycles. The van der Waals surface area contributed by atoms with Gasteiger partial charge in [-0.05, 0) is 56.0 Å². The number of nitrogens with zero attached hydrogens (tertiary/aromatic N) is 1. The number of benzene rings is 2. The highest BCUT2D eigenvalue weighted by Gasteiger charge is 2.57. The fourth-order valence-electron chi connectivity index (χ4n) is 3.60. The van der Waals surface area contributed by atoms with Crippen LogP contribution in [0.15, 0.2) is 48.5 Å². The van der Waals surface area contributed by atoms with Crippen molar-refractivity contribution in [2.75, 3.05) is 0 Å². The number of halogens is 6. The molecule has 0 bridgehead atoms. The Balaban J connectivity index is 1.89. The summed E-state index contributed by atoms with van der Waals surface area (Å²) in [6, 6.07) is 10.7. The van der Waals surface area contributed by atoms with Gasteiger partial charge in [0.05, 0.1) is 6.04 Å². The van der Waals surface area contributed by atoms with Crippen LogP contribution < -0.4 is 0 Å². The van der Waals surface area contributed by atoms with E-state index in [9.17, 15) is 31.5 Å². The highest BCUT2D eigenvalue weighted by molar-refractivity contribution is 6.30. The van der Waals surface area contributed by atoms with Crippen LogP contribution in [-0.4, -0.2) is 40.8 Å². The molecule has 5 nitrogen and oxygen atoms in total. The van der Waals surface area contributed by atoms with Gasteiger partial charge in [0.2, 0.25) is 0 Å². The Bertz CT molecular complexity index is 1080. The lowest BCUT2D eigenvalue weighted by atomic mass is 9.95. The van der Waals surface area contributed by atoms with Crippen LogP contribution in [0.4, 0.5) is 31.5 Å². The molecule has 35 heavy (non-hydrogen) atoms. The van der Waals surface area contributed by atoms with Gasteiger partial charge in [0.1, 0.15) is 5.60 Å². The molecule has 2 unspecified atom stereocenters. The Kier molecular flexibility index (Phi) is 7.36. The fraction of sp³-hybridized carbons (Fsp3) is 0.417. The van der Waals surface area contributed by atoms with Crippen molar-refractivity contribution in [2.45, 2.75) is 63.5 Å². The fourth-order valence-corrected chi connectivity index (χ4v) is 3.80. The quantitative estimate of drug-likeness (QED) is 0.395. The lowest BCUT2D eigenvalue weighted by Crippen LogP contribution is -2.43. The van der Waals surface area contributed by atoms with Gasteiger partial charge in [-0.2, -0.15) is 22.0 Å². The number of imide groups is 1. The van der Waals surface area contributed by atoms with Crippen LogP contribution in [0, 0.1) is 0 Å². The second-order valence-corrected chi connectivity index (χ2v) is 9.61. The molecule has 0 saturated carbocycles. The minimum Gasteiger partial charge on any atom is -0.443 e. The molecule has 3 rings (SSSR count). The van der Waals surface area contributed by atoms with Gasteiger partial charge in [-0.25, -0.2) is 14.5 Å². The van der Waals surface area contributed by atoms with Crippen molar-refractivity contribution in [3.63, 3.8) is 0 Å². The zero-order valence-corrected chi connectivity index (χ0v) is 19.8. The van der Waals surface area contributed by atoms with E-state index in [-0.39, 0.29) is 12.0 Å². The molecule has 0 spiro atoms. The molecule has 190 valence electrons. The van der Waals surface area contributed by atoms with E-state index in [0.29, 0.717) is 16.1 Å². The van der Waals surface area contributed by atoms with Crippen LogP contribution in [-0.2, 0) is 22.3 Å². The van der Waals surface area contributed by atoms with E-state index < -0.39 is 48.5 Å². The largest absolute Gasteiger partial charge is 0.453 e. The summed E-state index contributed by atoms with van der Waals surface area (Å²) in [6.07, 6.45) is -9.92. The Morgan fingerprint density at radius 2 is 1.63 bits per heavy atom. The summed E-state index contributed by atoms with van der Waals surface area (Å²) in [4.78, 5) is 26.3. The minimum absolute atomic E-state index is 0.0259. The highest BCUT2D eigenvalue weighted by atomic mass is 35.5. The number of ether oxygens (including phenoxy) is 2. The monoisotopic (exact) mass is 519 g/mol. The second kappa shape index (κ2) is 9.64. The van der Waals surface area contributed by atoms with Gasteiger partial charge >= 0.3 is 24.3 Å². The molecular formula is C24H23ClF5NO4. The summed E-state index contributed by atoms with van der Waals surface area (Å²) in [6.45, 7) is 4.89. The lowest BCUT2D eigenvalue weighted by Gasteiger charge is -2.27. The maximum atomic E-state index is 13.4. The number of amides is 2. The van der Waals surface area contributed by atoms with Crippen LogP contribution in [0.1, 0.15) is 43.6 Å². The average Bonchev–Trinajstić information content (AvgIpc) is 3.03. The molecule has 2 amide bonds. The molecular weight excluding hydrogens is 497 g/mol. The van der Waals surface area contributed by atoms with E-state index in [1.807, 2.05) is 0 Å². The van der Waals surface area contributed by atoms with Crippen molar-refractivity contribution in [3.05, 3.63) is 70.2 Å². The molecule has 2 atom stereocenters. The van der Waals surface area contributed by atoms with Gasteiger partial charge in [0, 0.05) is 11.4 Å². The third-order valence-electron chi connectivity index (χ3n) is 5.18. The smallest absolute Gasteiger partial charge is 0.443 e. The van der Waals surface area contributed by atoms with E-state index in [2.05, 4.69) is 0 Å². The Hall–Kier alpha value is -2.88. The van der Waals surface area contributed by atoms with Gasteiger partial charge in [-0.15, -0.1) is 0 Å². The van der Waals surface area contributed by atoms with Gasteiger partial charge < -0.3 is 9.47 Å². The molecule has 2 aromatic rings. The van der Waals surface area contributed by atoms with Gasteiger partial charge in [-0.3, -0.25) is 0 Å². The normalized spacial score (nSPS) is 19.0. The summed E-state index contributed by atoms with van der Waals surface area (Å²) >= 11 is 6.07. The van der Waals surface area contributed by atoms with Crippen molar-refractivity contribution < 1.29 is 41.0 Å². The summed E-state index contributed by atoms with van der Waals surface area (Å²) in [5.74, 6) is -4.87. The third-order valence-corrected chi connectivity index (χ3v) is 5.42. The highest BCUT2D eigenvalue weighted by Crippen LogP contribution is 2.39. The molecule has 0 N–H and O–H groups in total. The number of hydrogen-bond donors (Lipinski definition) is 0. The second-order valence-electron chi connectivity index (χ2n) is 9.18. The maximum Gasteiger partial charge on any atom is 0.453 e. The molecule has 1 aliphatic heterocycles. The summed E-state index contributed by atoms with van der Waals surface area (Å²) in [7, 11) is 0. The van der Waals surface area contributed by atoms with Crippen LogP contribution >= 0.6 is 11.6 Å². The number of rotatable bonds is 5. The molecule has 2 aromatic carbocycles. The topological polar surface area (TPSA) is 55.8 Å². The third kappa shape index (κ3) is 6.42. The van der Waals surface area contributed by atoms with Gasteiger partial charge in [-0.1, -0.05) is 48.0 Å². The van der Waals surface area contributed by atoms with Crippen molar-refractivity contribution in [3.8, 4) is 0 Å². The predicted molar refractivity (Wildman–Crippen MR) is 117 cm³/mol. The van der Waals surface area contributed by atoms with E-state index in [4.69, 9.17) is 21.1 Å². The van der Waals surface area contributed by atoms with E-state index in [1.54, 1.807) is 45.0 Å². The molecule has 11 heteroatoms. The zero-order chi connectivity index (χ0) is 26.2. The van der Waals surface area contributed by atoms with Gasteiger partial charge in [0.15, 0.2) is 6.10 Å². The summed E-state index contributed by atoms with van der Waals surface area (Å²) in [5, 5.41) is 0.378. The first-order valence-electron chi connectivity index (χ1n) is 10.6. The van der Waals surface area contributed by atoms with Crippen molar-refractivity contribution in [1.82, 2.24) is 4.90 Å². The van der Waals surface area contributed by atoms with E-state index in [0.717, 1.165) is 17.0 Å². The molecule has 0 aliphatic carbocycles. The zero-order valence-electron chi connectivity index (χ0n) is 19.0. The van der Waals surface area contributed by atoms with E-state index in [1.165, 1.54) is 12.1 Å². The average molecular weight is 520 g/mol. The lowest BCUT2D eigenvalue weighted by molar-refractivity contribution is -0.281. The predicted octanol–water partition coefficient (Wildman–Crippen LogP) is 7.12. The minimum atomic E-state index is -5.66. The summed E-state index contributed by atoms with van der Waals surface area (Å²) in [5.41, 5.74) is -0.122. The first-order valence-corrected chi connectivity index (χ1v) is 11.0. The Morgan fingerprint density at radius 3 is 2.17 bits per heavy atom. The number of carbonyl (C=O) groups is 2. The van der Waals surface area contributed by atoms with Crippen LogP contribution in [0.25, 0.3) is 0 Å². The Labute approximate surface area is 203 Å². The first-order chi connectivity index (χ1) is 16.1. The van der Waals surface area contributed by atoms with Gasteiger partial charge in [0.25, 0.3) is 0 Å². The van der Waals surface area contributed by atoms with Crippen molar-refractivity contribution in [1.29, 1.82) is 0 Å². The van der Waals surface area contributed by atoms with Crippen LogP contribution in [0.5, 0.6) is 0 Å². The molecule has 1 fully saturated rings. The van der Waals surface area contributed by atoms with Crippen LogP contribution in [0.2, 0.25) is 5.02 Å². The Morgan fingerprint density at radius 1 is 1.03 bits per heavy atom. The molecule has 1 saturated heterocycles. The number of cyclic esters (lactones) is 1. The van der Waals surface area contributed by atoms with Crippen LogP contribution in [0.3, 0.4) is 0 Å². The molecule has 0 aromatic heterocycles. The number of alkyl halides is 5. The summed E-state index contributed by atoms with van der Waals surface area (Å²) < 4.78 is 75.1. The number of hydrogen-bond acceptors (Lipinski definition) is 4.